The quantitative estimate of drug-likeness (QED) is 0.256. The number of pyridine rings is 1. The fourth-order valence-electron chi connectivity index (χ4n) is 4.14. The van der Waals surface area contributed by atoms with Gasteiger partial charge in [-0.1, -0.05) is 47.5 Å². The van der Waals surface area contributed by atoms with Crippen LogP contribution in [0.1, 0.15) is 43.7 Å². The van der Waals surface area contributed by atoms with E-state index in [4.69, 9.17) is 47.1 Å². The van der Waals surface area contributed by atoms with Crippen molar-refractivity contribution in [1.29, 1.82) is 0 Å². The number of esters is 1. The van der Waals surface area contributed by atoms with Crippen molar-refractivity contribution in [2.75, 3.05) is 19.1 Å². The summed E-state index contributed by atoms with van der Waals surface area (Å²) in [4.78, 5) is 31.8. The van der Waals surface area contributed by atoms with Crippen molar-refractivity contribution in [2.24, 2.45) is 0 Å². The molecule has 0 aliphatic carbocycles. The summed E-state index contributed by atoms with van der Waals surface area (Å²) >= 11 is 12.9. The Bertz CT molecular complexity index is 1550. The molecule has 1 amide bonds. The molecular weight excluding hydrogens is 593 g/mol. The highest BCUT2D eigenvalue weighted by molar-refractivity contribution is 6.43. The van der Waals surface area contributed by atoms with E-state index in [1.165, 1.54) is 7.11 Å². The Labute approximate surface area is 261 Å². The number of nitrogens with one attached hydrogen (secondary N) is 1. The molecule has 0 spiro atoms. The van der Waals surface area contributed by atoms with Crippen LogP contribution in [-0.4, -0.2) is 42.4 Å². The summed E-state index contributed by atoms with van der Waals surface area (Å²) in [7, 11) is 2.87. The largest absolute Gasteiger partial charge is 0.497 e. The van der Waals surface area contributed by atoms with Crippen LogP contribution in [0.25, 0.3) is 11.3 Å². The number of halogens is 2. The number of benzene rings is 2. The molecule has 1 N–H and O–H groups in total. The first-order chi connectivity index (χ1) is 20.3. The smallest absolute Gasteiger partial charge is 0.408 e. The molecule has 0 saturated heterocycles. The molecule has 226 valence electrons. The lowest BCUT2D eigenvalue weighted by molar-refractivity contribution is 0.0498. The van der Waals surface area contributed by atoms with E-state index < -0.39 is 23.2 Å². The van der Waals surface area contributed by atoms with Gasteiger partial charge in [0.1, 0.15) is 29.4 Å². The van der Waals surface area contributed by atoms with Crippen LogP contribution in [0.15, 0.2) is 73.1 Å². The number of ether oxygens (including phenoxy) is 4. The lowest BCUT2D eigenvalue weighted by Gasteiger charge is -2.31. The number of carbonyl (C=O) groups is 2. The molecule has 0 bridgehead atoms. The topological polar surface area (TPSA) is 99.2 Å². The number of nitrogens with zero attached hydrogens (tertiary/aromatic N) is 2. The minimum Gasteiger partial charge on any atom is -0.497 e. The van der Waals surface area contributed by atoms with Gasteiger partial charge in [0.25, 0.3) is 0 Å². The standard InChI is InChI=1S/C32H33Cl2N3O6/c1-31(2,3)43-30(39)36-32(4)14-16-37(17-15-32)24-18-25(42-19-20-10-12-21(40-5)13-11-20)27(35-28(24)29(38)41-6)22-8-7-9-23(33)26(22)34/h7-18H,19H2,1-6H3,(H,36,39). The van der Waals surface area contributed by atoms with Crippen LogP contribution >= 0.6 is 23.2 Å². The molecule has 0 unspecified atom stereocenters. The molecule has 43 heavy (non-hydrogen) atoms. The Kier molecular flexibility index (Phi) is 9.57. The molecular formula is C32H33Cl2N3O6. The zero-order chi connectivity index (χ0) is 31.4. The first-order valence-electron chi connectivity index (χ1n) is 13.3. The first-order valence-corrected chi connectivity index (χ1v) is 14.1. The monoisotopic (exact) mass is 625 g/mol. The molecule has 2 aromatic carbocycles. The number of amides is 1. The Balaban J connectivity index is 1.75. The second-order valence-electron chi connectivity index (χ2n) is 10.9. The van der Waals surface area contributed by atoms with Crippen molar-refractivity contribution in [2.45, 2.75) is 45.4 Å². The van der Waals surface area contributed by atoms with Gasteiger partial charge in [0, 0.05) is 24.0 Å². The molecule has 1 aliphatic rings. The maximum absolute atomic E-state index is 13.0. The molecule has 2 heterocycles. The Morgan fingerprint density at radius 3 is 2.30 bits per heavy atom. The number of anilines is 1. The minimum atomic E-state index is -0.848. The van der Waals surface area contributed by atoms with Gasteiger partial charge < -0.3 is 29.2 Å². The second kappa shape index (κ2) is 13.0. The summed E-state index contributed by atoms with van der Waals surface area (Å²) in [6.07, 6.45) is 6.38. The molecule has 1 aliphatic heterocycles. The molecule has 0 saturated carbocycles. The van der Waals surface area contributed by atoms with E-state index in [2.05, 4.69) is 5.32 Å². The Morgan fingerprint density at radius 2 is 1.70 bits per heavy atom. The van der Waals surface area contributed by atoms with Gasteiger partial charge in [-0.3, -0.25) is 0 Å². The van der Waals surface area contributed by atoms with Crippen molar-refractivity contribution in [3.63, 3.8) is 0 Å². The Hall–Kier alpha value is -4.21. The van der Waals surface area contributed by atoms with Crippen molar-refractivity contribution in [1.82, 2.24) is 10.3 Å². The number of alkyl carbamates (subject to hydrolysis) is 1. The van der Waals surface area contributed by atoms with Gasteiger partial charge in [-0.2, -0.15) is 0 Å². The van der Waals surface area contributed by atoms with Crippen LogP contribution in [0.3, 0.4) is 0 Å². The van der Waals surface area contributed by atoms with Gasteiger partial charge >= 0.3 is 12.1 Å². The van der Waals surface area contributed by atoms with E-state index in [0.717, 1.165) is 11.3 Å². The molecule has 1 aromatic heterocycles. The fourth-order valence-corrected chi connectivity index (χ4v) is 4.53. The fraction of sp³-hybridized carbons (Fsp3) is 0.281. The van der Waals surface area contributed by atoms with Crippen LogP contribution in [0.5, 0.6) is 11.5 Å². The zero-order valence-electron chi connectivity index (χ0n) is 24.7. The summed E-state index contributed by atoms with van der Waals surface area (Å²) in [5, 5.41) is 3.43. The molecule has 9 nitrogen and oxygen atoms in total. The normalized spacial score (nSPS) is 13.8. The van der Waals surface area contributed by atoms with Crippen LogP contribution in [0.2, 0.25) is 10.0 Å². The van der Waals surface area contributed by atoms with Gasteiger partial charge in [-0.05, 0) is 63.6 Å². The SMILES string of the molecule is COC(=O)c1nc(-c2cccc(Cl)c2Cl)c(OCc2ccc(OC)cc2)cc1N1C=CC(C)(NC(=O)OC(C)(C)C)C=C1. The number of rotatable bonds is 8. The zero-order valence-corrected chi connectivity index (χ0v) is 26.2. The molecule has 3 aromatic rings. The highest BCUT2D eigenvalue weighted by Gasteiger charge is 2.29. The van der Waals surface area contributed by atoms with Crippen LogP contribution in [-0.2, 0) is 16.1 Å². The molecule has 0 radical (unpaired) electrons. The molecule has 11 heteroatoms. The average Bonchev–Trinajstić information content (AvgIpc) is 2.96. The van der Waals surface area contributed by atoms with Crippen LogP contribution < -0.4 is 19.7 Å². The number of carbonyl (C=O) groups excluding carboxylic acids is 2. The average molecular weight is 627 g/mol. The number of methoxy groups -OCH3 is 2. The van der Waals surface area contributed by atoms with Gasteiger partial charge in [0.05, 0.1) is 35.5 Å². The van der Waals surface area contributed by atoms with Crippen LogP contribution in [0, 0.1) is 0 Å². The molecule has 0 atom stereocenters. The van der Waals surface area contributed by atoms with Crippen LogP contribution in [0.4, 0.5) is 10.5 Å². The summed E-state index contributed by atoms with van der Waals surface area (Å²) in [6, 6.07) is 14.3. The summed E-state index contributed by atoms with van der Waals surface area (Å²) < 4.78 is 22.0. The lowest BCUT2D eigenvalue weighted by Crippen LogP contribution is -2.46. The van der Waals surface area contributed by atoms with E-state index in [9.17, 15) is 9.59 Å². The van der Waals surface area contributed by atoms with Crippen molar-refractivity contribution < 1.29 is 28.5 Å². The minimum absolute atomic E-state index is 0.0170. The third kappa shape index (κ3) is 7.80. The number of hydrogen-bond donors (Lipinski definition) is 1. The summed E-state index contributed by atoms with van der Waals surface area (Å²) in [5.74, 6) is 0.404. The third-order valence-corrected chi connectivity index (χ3v) is 7.14. The highest BCUT2D eigenvalue weighted by Crippen LogP contribution is 2.41. The van der Waals surface area contributed by atoms with Gasteiger partial charge in [-0.15, -0.1) is 0 Å². The molecule has 0 fully saturated rings. The molecule has 4 rings (SSSR count). The van der Waals surface area contributed by atoms with Crippen molar-refractivity contribution in [3.05, 3.63) is 94.4 Å². The van der Waals surface area contributed by atoms with Gasteiger partial charge in [-0.25, -0.2) is 14.6 Å². The predicted octanol–water partition coefficient (Wildman–Crippen LogP) is 7.56. The van der Waals surface area contributed by atoms with E-state index in [1.807, 2.05) is 31.2 Å². The second-order valence-corrected chi connectivity index (χ2v) is 11.7. The predicted molar refractivity (Wildman–Crippen MR) is 167 cm³/mol. The maximum Gasteiger partial charge on any atom is 0.408 e. The van der Waals surface area contributed by atoms with E-state index in [-0.39, 0.29) is 17.3 Å². The van der Waals surface area contributed by atoms with E-state index >= 15 is 0 Å². The first kappa shape index (κ1) is 31.7. The maximum atomic E-state index is 13.0. The number of hydrogen-bond acceptors (Lipinski definition) is 8. The third-order valence-electron chi connectivity index (χ3n) is 6.32. The van der Waals surface area contributed by atoms with Gasteiger partial charge in [0.2, 0.25) is 0 Å². The van der Waals surface area contributed by atoms with Crippen molar-refractivity contribution >= 4 is 41.0 Å². The summed E-state index contributed by atoms with van der Waals surface area (Å²) in [5.41, 5.74) is 0.574. The highest BCUT2D eigenvalue weighted by atomic mass is 35.5. The summed E-state index contributed by atoms with van der Waals surface area (Å²) in [6.45, 7) is 7.38. The number of aromatic nitrogens is 1. The Morgan fingerprint density at radius 1 is 1.02 bits per heavy atom. The van der Waals surface area contributed by atoms with Crippen molar-refractivity contribution in [3.8, 4) is 22.8 Å². The lowest BCUT2D eigenvalue weighted by atomic mass is 10.00. The van der Waals surface area contributed by atoms with Gasteiger partial charge in [0.15, 0.2) is 5.69 Å². The van der Waals surface area contributed by atoms with E-state index in [1.54, 1.807) is 81.6 Å². The van der Waals surface area contributed by atoms with E-state index in [0.29, 0.717) is 27.7 Å².